The molecule has 12 nitrogen and oxygen atoms in total. The van der Waals surface area contributed by atoms with Crippen LogP contribution in [0.4, 0.5) is 0 Å². The average molecular weight is 885 g/mol. The van der Waals surface area contributed by atoms with E-state index < -0.39 is 65.5 Å². The monoisotopic (exact) mass is 885 g/mol. The van der Waals surface area contributed by atoms with Crippen LogP contribution in [0.3, 0.4) is 0 Å². The number of aliphatic hydroxyl groups excluding tert-OH is 1. The van der Waals surface area contributed by atoms with Crippen molar-refractivity contribution in [3.8, 4) is 0 Å². The fourth-order valence-electron chi connectivity index (χ4n) is 10.2. The quantitative estimate of drug-likeness (QED) is 0.182. The van der Waals surface area contributed by atoms with E-state index in [2.05, 4.69) is 13.0 Å². The maximum atomic E-state index is 14.2. The highest BCUT2D eigenvalue weighted by atomic mass is 16.7. The van der Waals surface area contributed by atoms with Crippen molar-refractivity contribution in [3.63, 3.8) is 0 Å². The molecule has 3 fully saturated rings. The summed E-state index contributed by atoms with van der Waals surface area (Å²) in [6, 6.07) is 0. The van der Waals surface area contributed by atoms with Gasteiger partial charge in [0, 0.05) is 57.7 Å². The Morgan fingerprint density at radius 2 is 1.59 bits per heavy atom. The molecule has 4 bridgehead atoms. The highest BCUT2D eigenvalue weighted by molar-refractivity contribution is 5.91. The lowest BCUT2D eigenvalue weighted by molar-refractivity contribution is -0.237. The predicted molar refractivity (Wildman–Crippen MR) is 241 cm³/mol. The van der Waals surface area contributed by atoms with Crippen LogP contribution in [-0.4, -0.2) is 107 Å². The number of carbonyl (C=O) groups is 4. The summed E-state index contributed by atoms with van der Waals surface area (Å²) in [7, 11) is 3.15. The summed E-state index contributed by atoms with van der Waals surface area (Å²) in [5.74, 6) is -2.94. The molecular formula is C51H80O12. The first kappa shape index (κ1) is 52.8. The van der Waals surface area contributed by atoms with Crippen molar-refractivity contribution in [2.24, 2.45) is 47.3 Å². The highest BCUT2D eigenvalue weighted by Gasteiger charge is 2.55. The molecule has 2 heterocycles. The third-order valence-corrected chi connectivity index (χ3v) is 15.0. The number of carbonyl (C=O) groups excluding carboxylic acids is 4. The highest BCUT2D eigenvalue weighted by Crippen LogP contribution is 2.44. The summed E-state index contributed by atoms with van der Waals surface area (Å²) < 4.78 is 29.4. The van der Waals surface area contributed by atoms with E-state index >= 15 is 0 Å². The van der Waals surface area contributed by atoms with Crippen LogP contribution in [0.2, 0.25) is 0 Å². The Labute approximate surface area is 377 Å². The molecule has 1 saturated heterocycles. The number of cyclic esters (lactones) is 1. The van der Waals surface area contributed by atoms with Gasteiger partial charge in [-0.25, -0.2) is 4.79 Å². The standard InChI is InChI=1S/C51H80O12/c1-30-15-13-12-14-16-31(2)45(60-11)28-50(57)21-19-36(7)51(58,29-50)47(55)49-61-22-20-42(63-49)48(56)62-43(34(5)25-39-17-18-40(52)44(26-39)59-10)27-41(53)33(4)24-32(3)37(8)38(9)46(54)35(6)23-30/h12-16,24,30,33-40,42-45,49,52,57-58H,17-23,25-29H2,1-11H3/b14-12+,15-13+,31-16+,32-24+/t30-,33-,34-,35-,36-,37+,38-,39+,40?,42+,43-,44-,45+,49?,50+,51-/m1/s1. The lowest BCUT2D eigenvalue weighted by atomic mass is 9.65. The van der Waals surface area contributed by atoms with Crippen LogP contribution in [0.15, 0.2) is 47.6 Å². The SMILES string of the molecule is CO[C@H]1C[C@@]2(O)CC[C@@H](C)[C@](O)(C2)C(=O)C2OCC[C@H](O2)C(=O)O[C@@H]([C@H](C)C[C@@H]2CCC(O)[C@H](OC)C2)CC(=O)[C@H](C)/C=C(\C)[C@H](C)[C@@H](C)C(=O)[C@H](C)C[C@H](C)/C=C/C=C/C=C/1C. The minimum Gasteiger partial charge on any atom is -0.460 e. The number of esters is 1. The summed E-state index contributed by atoms with van der Waals surface area (Å²) in [6.07, 6.45) is 10.7. The number of rotatable bonds is 5. The minimum atomic E-state index is -2.02. The van der Waals surface area contributed by atoms with Crippen molar-refractivity contribution in [1.82, 2.24) is 0 Å². The van der Waals surface area contributed by atoms with Crippen LogP contribution in [0, 0.1) is 47.3 Å². The van der Waals surface area contributed by atoms with Crippen molar-refractivity contribution in [2.75, 3.05) is 20.8 Å². The Morgan fingerprint density at radius 1 is 0.873 bits per heavy atom. The summed E-state index contributed by atoms with van der Waals surface area (Å²) in [5.41, 5.74) is -1.67. The molecule has 4 rings (SSSR count). The van der Waals surface area contributed by atoms with Crippen LogP contribution in [0.1, 0.15) is 133 Å². The number of aliphatic hydroxyl groups is 3. The molecule has 0 aromatic rings. The van der Waals surface area contributed by atoms with Crippen LogP contribution >= 0.6 is 0 Å². The molecular weight excluding hydrogens is 805 g/mol. The van der Waals surface area contributed by atoms with Crippen molar-refractivity contribution < 1.29 is 58.2 Å². The Hall–Kier alpha value is -2.84. The zero-order chi connectivity index (χ0) is 46.8. The smallest absolute Gasteiger partial charge is 0.335 e. The van der Waals surface area contributed by atoms with E-state index in [1.807, 2.05) is 78.8 Å². The fourth-order valence-corrected chi connectivity index (χ4v) is 10.2. The zero-order valence-corrected chi connectivity index (χ0v) is 40.0. The second-order valence-electron chi connectivity index (χ2n) is 20.0. The molecule has 63 heavy (non-hydrogen) atoms. The summed E-state index contributed by atoms with van der Waals surface area (Å²) in [5, 5.41) is 34.5. The van der Waals surface area contributed by atoms with Crippen LogP contribution in [0.5, 0.6) is 0 Å². The van der Waals surface area contributed by atoms with E-state index in [0.29, 0.717) is 38.5 Å². The van der Waals surface area contributed by atoms with Gasteiger partial charge in [0.1, 0.15) is 23.3 Å². The van der Waals surface area contributed by atoms with Crippen molar-refractivity contribution in [3.05, 3.63) is 47.6 Å². The lowest BCUT2D eigenvalue weighted by Gasteiger charge is -2.47. The summed E-state index contributed by atoms with van der Waals surface area (Å²) in [6.45, 7) is 17.5. The van der Waals surface area contributed by atoms with Gasteiger partial charge in [-0.3, -0.25) is 14.4 Å². The van der Waals surface area contributed by atoms with Gasteiger partial charge in [0.2, 0.25) is 12.1 Å². The van der Waals surface area contributed by atoms with Gasteiger partial charge < -0.3 is 39.0 Å². The molecule has 0 aromatic heterocycles. The van der Waals surface area contributed by atoms with Crippen LogP contribution < -0.4 is 0 Å². The maximum absolute atomic E-state index is 14.2. The number of hydrogen-bond acceptors (Lipinski definition) is 12. The lowest BCUT2D eigenvalue weighted by Crippen LogP contribution is -2.60. The molecule has 0 spiro atoms. The molecule has 4 aliphatic rings. The molecule has 2 aliphatic heterocycles. The largest absolute Gasteiger partial charge is 0.460 e. The molecule has 0 amide bonds. The molecule has 0 aromatic carbocycles. The molecule has 2 unspecified atom stereocenters. The Kier molecular flexibility index (Phi) is 19.7. The third-order valence-electron chi connectivity index (χ3n) is 15.0. The third kappa shape index (κ3) is 14.1. The van der Waals surface area contributed by atoms with Crippen molar-refractivity contribution in [2.45, 2.75) is 181 Å². The van der Waals surface area contributed by atoms with Crippen molar-refractivity contribution in [1.29, 1.82) is 0 Å². The van der Waals surface area contributed by atoms with Gasteiger partial charge in [-0.05, 0) is 94.0 Å². The van der Waals surface area contributed by atoms with E-state index in [0.717, 1.165) is 17.6 Å². The van der Waals surface area contributed by atoms with E-state index in [-0.39, 0.29) is 85.5 Å². The topological polar surface area (TPSA) is 175 Å². The van der Waals surface area contributed by atoms with Gasteiger partial charge in [-0.2, -0.15) is 0 Å². The number of methoxy groups -OCH3 is 2. The normalized spacial score (nSPS) is 43.4. The van der Waals surface area contributed by atoms with E-state index in [1.165, 1.54) is 0 Å². The summed E-state index contributed by atoms with van der Waals surface area (Å²) >= 11 is 0. The molecule has 16 atom stereocenters. The first-order valence-electron chi connectivity index (χ1n) is 23.6. The molecule has 12 heteroatoms. The van der Waals surface area contributed by atoms with Gasteiger partial charge in [-0.15, -0.1) is 0 Å². The van der Waals surface area contributed by atoms with Crippen molar-refractivity contribution >= 4 is 23.3 Å². The number of fused-ring (bicyclic) bond motifs is 4. The maximum Gasteiger partial charge on any atom is 0.335 e. The number of allylic oxidation sites excluding steroid dienone is 7. The van der Waals surface area contributed by atoms with Gasteiger partial charge in [0.15, 0.2) is 6.10 Å². The Bertz CT molecular complexity index is 1680. The number of ether oxygens (including phenoxy) is 5. The average Bonchev–Trinajstić information content (AvgIpc) is 3.25. The molecule has 2 saturated carbocycles. The molecule has 2 aliphatic carbocycles. The first-order chi connectivity index (χ1) is 29.6. The second-order valence-corrected chi connectivity index (χ2v) is 20.0. The van der Waals surface area contributed by atoms with Gasteiger partial charge >= 0.3 is 5.97 Å². The fraction of sp³-hybridized carbons (Fsp3) is 0.765. The second kappa shape index (κ2) is 23.6. The van der Waals surface area contributed by atoms with Crippen LogP contribution in [-0.2, 0) is 42.9 Å². The molecule has 0 radical (unpaired) electrons. The van der Waals surface area contributed by atoms with E-state index in [1.54, 1.807) is 21.1 Å². The van der Waals surface area contributed by atoms with Gasteiger partial charge in [0.05, 0.1) is 30.5 Å². The Balaban J connectivity index is 1.66. The van der Waals surface area contributed by atoms with Crippen LogP contribution in [0.25, 0.3) is 0 Å². The predicted octanol–water partition coefficient (Wildman–Crippen LogP) is 7.61. The Morgan fingerprint density at radius 3 is 2.27 bits per heavy atom. The van der Waals surface area contributed by atoms with Gasteiger partial charge in [-0.1, -0.05) is 90.5 Å². The molecule has 3 N–H and O–H groups in total. The first-order valence-corrected chi connectivity index (χ1v) is 23.6. The number of ketones is 3. The zero-order valence-electron chi connectivity index (χ0n) is 40.0. The number of Topliss-reactive ketones (excluding diaryl/α,β-unsaturated/α-hetero) is 3. The number of hydrogen-bond donors (Lipinski definition) is 3. The van der Waals surface area contributed by atoms with Gasteiger partial charge in [0.25, 0.3) is 0 Å². The minimum absolute atomic E-state index is 0.0107. The summed E-state index contributed by atoms with van der Waals surface area (Å²) in [4.78, 5) is 56.1. The molecule has 356 valence electrons. The van der Waals surface area contributed by atoms with E-state index in [4.69, 9.17) is 23.7 Å². The van der Waals surface area contributed by atoms with E-state index in [9.17, 15) is 34.5 Å².